The number of benzene rings is 2. The maximum atomic E-state index is 13.8. The molecule has 0 aliphatic carbocycles. The molecule has 2 aromatic rings. The molecule has 0 amide bonds. The highest BCUT2D eigenvalue weighted by Crippen LogP contribution is 2.29. The molecule has 2 aromatic carbocycles. The van der Waals surface area contributed by atoms with Gasteiger partial charge in [0.2, 0.25) is 10.0 Å². The minimum absolute atomic E-state index is 0.0538. The van der Waals surface area contributed by atoms with Gasteiger partial charge >= 0.3 is 0 Å². The van der Waals surface area contributed by atoms with Gasteiger partial charge in [0.15, 0.2) is 4.90 Å². The Kier molecular flexibility index (Phi) is 3.65. The molecule has 21 heavy (non-hydrogen) atoms. The second-order valence-electron chi connectivity index (χ2n) is 4.89. The van der Waals surface area contributed by atoms with E-state index < -0.39 is 26.8 Å². The first-order valence-corrected chi connectivity index (χ1v) is 8.02. The van der Waals surface area contributed by atoms with Crippen molar-refractivity contribution >= 4 is 10.0 Å². The summed E-state index contributed by atoms with van der Waals surface area (Å²) in [6.07, 6.45) is 0.482. The molecule has 0 aromatic heterocycles. The van der Waals surface area contributed by atoms with Crippen molar-refractivity contribution in [3.8, 4) is 5.75 Å². The van der Waals surface area contributed by atoms with E-state index in [4.69, 9.17) is 4.74 Å². The van der Waals surface area contributed by atoms with Crippen LogP contribution in [-0.2, 0) is 16.4 Å². The monoisotopic (exact) mass is 307 g/mol. The number of halogens is 1. The minimum atomic E-state index is -3.93. The van der Waals surface area contributed by atoms with Gasteiger partial charge in [-0.15, -0.1) is 0 Å². The molecule has 3 rings (SSSR count). The molecule has 0 bridgehead atoms. The van der Waals surface area contributed by atoms with E-state index in [-0.39, 0.29) is 12.4 Å². The Bertz CT molecular complexity index is 747. The second-order valence-corrected chi connectivity index (χ2v) is 6.54. The number of sulfonamides is 1. The van der Waals surface area contributed by atoms with Crippen molar-refractivity contribution in [2.45, 2.75) is 17.4 Å². The predicted molar refractivity (Wildman–Crippen MR) is 76.2 cm³/mol. The summed E-state index contributed by atoms with van der Waals surface area (Å²) < 4.78 is 46.3. The quantitative estimate of drug-likeness (QED) is 0.924. The molecule has 4 nitrogen and oxygen atoms in total. The van der Waals surface area contributed by atoms with Crippen LogP contribution in [0.15, 0.2) is 53.4 Å². The maximum absolute atomic E-state index is 13.8. The SMILES string of the molecule is O=S1(=O)N[C@H](Cc2ccccc2)COc2cccc(F)c21. The Morgan fingerprint density at radius 1 is 1.14 bits per heavy atom. The van der Waals surface area contributed by atoms with Crippen LogP contribution in [0, 0.1) is 5.82 Å². The fraction of sp³-hybridized carbons (Fsp3) is 0.200. The summed E-state index contributed by atoms with van der Waals surface area (Å²) in [5.41, 5.74) is 0.986. The fourth-order valence-corrected chi connectivity index (χ4v) is 3.79. The van der Waals surface area contributed by atoms with E-state index in [9.17, 15) is 12.8 Å². The van der Waals surface area contributed by atoms with Crippen LogP contribution in [0.3, 0.4) is 0 Å². The average Bonchev–Trinajstić information content (AvgIpc) is 2.57. The third-order valence-electron chi connectivity index (χ3n) is 3.29. The average molecular weight is 307 g/mol. The number of fused-ring (bicyclic) bond motifs is 1. The lowest BCUT2D eigenvalue weighted by Gasteiger charge is -2.14. The second kappa shape index (κ2) is 5.46. The van der Waals surface area contributed by atoms with E-state index in [2.05, 4.69) is 4.72 Å². The van der Waals surface area contributed by atoms with E-state index >= 15 is 0 Å². The van der Waals surface area contributed by atoms with Crippen LogP contribution in [0.2, 0.25) is 0 Å². The number of nitrogens with one attached hydrogen (secondary N) is 1. The summed E-state index contributed by atoms with van der Waals surface area (Å²) in [6.45, 7) is 0.157. The van der Waals surface area contributed by atoms with Gasteiger partial charge in [-0.05, 0) is 24.1 Å². The molecule has 0 spiro atoms. The van der Waals surface area contributed by atoms with Crippen LogP contribution < -0.4 is 9.46 Å². The summed E-state index contributed by atoms with van der Waals surface area (Å²) in [4.78, 5) is -0.416. The minimum Gasteiger partial charge on any atom is -0.490 e. The van der Waals surface area contributed by atoms with Gasteiger partial charge in [0, 0.05) is 0 Å². The van der Waals surface area contributed by atoms with Crippen molar-refractivity contribution in [1.82, 2.24) is 4.72 Å². The summed E-state index contributed by atoms with van der Waals surface area (Å²) in [5.74, 6) is -0.751. The smallest absolute Gasteiger partial charge is 0.247 e. The van der Waals surface area contributed by atoms with Crippen molar-refractivity contribution in [2.24, 2.45) is 0 Å². The summed E-state index contributed by atoms with van der Waals surface area (Å²) in [7, 11) is -3.93. The van der Waals surface area contributed by atoms with Crippen LogP contribution in [0.25, 0.3) is 0 Å². The first-order valence-electron chi connectivity index (χ1n) is 6.54. The summed E-state index contributed by atoms with van der Waals surface area (Å²) in [6, 6.07) is 13.0. The Hall–Kier alpha value is -1.92. The van der Waals surface area contributed by atoms with Crippen LogP contribution in [-0.4, -0.2) is 21.1 Å². The van der Waals surface area contributed by atoms with Crippen LogP contribution in [0.1, 0.15) is 5.56 Å². The zero-order chi connectivity index (χ0) is 14.9. The predicted octanol–water partition coefficient (Wildman–Crippen LogP) is 2.11. The number of rotatable bonds is 2. The van der Waals surface area contributed by atoms with E-state index in [1.807, 2.05) is 30.3 Å². The van der Waals surface area contributed by atoms with Gasteiger partial charge in [-0.1, -0.05) is 36.4 Å². The molecule has 0 saturated carbocycles. The molecule has 1 aliphatic rings. The molecule has 1 atom stereocenters. The lowest BCUT2D eigenvalue weighted by Crippen LogP contribution is -2.38. The summed E-state index contributed by atoms with van der Waals surface area (Å²) in [5, 5.41) is 0. The lowest BCUT2D eigenvalue weighted by molar-refractivity contribution is 0.277. The molecule has 0 saturated heterocycles. The Labute approximate surface area is 122 Å². The van der Waals surface area contributed by atoms with E-state index in [0.717, 1.165) is 11.6 Å². The van der Waals surface area contributed by atoms with Gasteiger partial charge in [-0.3, -0.25) is 0 Å². The molecular formula is C15H14FNO3S. The van der Waals surface area contributed by atoms with E-state index in [1.165, 1.54) is 12.1 Å². The van der Waals surface area contributed by atoms with Gasteiger partial charge < -0.3 is 4.74 Å². The molecule has 1 N–H and O–H groups in total. The lowest BCUT2D eigenvalue weighted by atomic mass is 10.1. The topological polar surface area (TPSA) is 55.4 Å². The van der Waals surface area contributed by atoms with E-state index in [1.54, 1.807) is 0 Å². The maximum Gasteiger partial charge on any atom is 0.247 e. The molecule has 0 unspecified atom stereocenters. The van der Waals surface area contributed by atoms with Gasteiger partial charge in [0.05, 0.1) is 6.04 Å². The van der Waals surface area contributed by atoms with Crippen LogP contribution in [0.4, 0.5) is 4.39 Å². The van der Waals surface area contributed by atoms with Crippen molar-refractivity contribution in [2.75, 3.05) is 6.61 Å². The zero-order valence-corrected chi connectivity index (χ0v) is 11.9. The van der Waals surface area contributed by atoms with Crippen LogP contribution in [0.5, 0.6) is 5.75 Å². The first-order chi connectivity index (χ1) is 10.1. The van der Waals surface area contributed by atoms with Gasteiger partial charge in [0.25, 0.3) is 0 Å². The highest BCUT2D eigenvalue weighted by Gasteiger charge is 2.31. The van der Waals surface area contributed by atoms with Gasteiger partial charge in [0.1, 0.15) is 18.2 Å². The van der Waals surface area contributed by atoms with Crippen molar-refractivity contribution in [3.05, 3.63) is 59.9 Å². The Morgan fingerprint density at radius 2 is 1.90 bits per heavy atom. The molecule has 0 fully saturated rings. The largest absolute Gasteiger partial charge is 0.490 e. The van der Waals surface area contributed by atoms with Crippen LogP contribution >= 0.6 is 0 Å². The first kappa shape index (κ1) is 14.0. The summed E-state index contributed by atoms with van der Waals surface area (Å²) >= 11 is 0. The van der Waals surface area contributed by atoms with Crippen molar-refractivity contribution < 1.29 is 17.5 Å². The standard InChI is InChI=1S/C15H14FNO3S/c16-13-7-4-8-14-15(13)21(18,19)17-12(10-20-14)9-11-5-2-1-3-6-11/h1-8,12,17H,9-10H2/t12-/m1/s1. The third kappa shape index (κ3) is 2.91. The molecule has 6 heteroatoms. The number of hydrogen-bond acceptors (Lipinski definition) is 3. The molecule has 0 radical (unpaired) electrons. The Morgan fingerprint density at radius 3 is 2.67 bits per heavy atom. The fourth-order valence-electron chi connectivity index (χ4n) is 2.37. The molecule has 1 heterocycles. The molecular weight excluding hydrogens is 293 g/mol. The van der Waals surface area contributed by atoms with Gasteiger partial charge in [-0.2, -0.15) is 0 Å². The number of ether oxygens (including phenoxy) is 1. The third-order valence-corrected chi connectivity index (χ3v) is 4.86. The highest BCUT2D eigenvalue weighted by molar-refractivity contribution is 7.89. The molecule has 1 aliphatic heterocycles. The van der Waals surface area contributed by atoms with Crippen molar-refractivity contribution in [1.29, 1.82) is 0 Å². The highest BCUT2D eigenvalue weighted by atomic mass is 32.2. The van der Waals surface area contributed by atoms with Crippen molar-refractivity contribution in [3.63, 3.8) is 0 Å². The van der Waals surface area contributed by atoms with E-state index in [0.29, 0.717) is 6.42 Å². The molecule has 110 valence electrons. The van der Waals surface area contributed by atoms with Gasteiger partial charge in [-0.25, -0.2) is 17.5 Å². The Balaban J connectivity index is 1.90. The number of hydrogen-bond donors (Lipinski definition) is 1. The zero-order valence-electron chi connectivity index (χ0n) is 11.1. The normalized spacial score (nSPS) is 20.1.